The predicted octanol–water partition coefficient (Wildman–Crippen LogP) is 6.89. The SMILES string of the molecule is CC(C)(C)c1cc(OCc2ccccc2)ccc1C(Cl)C(C)(C)C. The van der Waals surface area contributed by atoms with Crippen molar-refractivity contribution in [2.24, 2.45) is 5.41 Å². The topological polar surface area (TPSA) is 9.23 Å². The minimum Gasteiger partial charge on any atom is -0.489 e. The quantitative estimate of drug-likeness (QED) is 0.549. The van der Waals surface area contributed by atoms with Gasteiger partial charge in [0.15, 0.2) is 0 Å². The van der Waals surface area contributed by atoms with Gasteiger partial charge in [-0.1, -0.05) is 77.9 Å². The second-order valence-electron chi connectivity index (χ2n) is 8.50. The number of rotatable bonds is 4. The molecule has 1 unspecified atom stereocenters. The van der Waals surface area contributed by atoms with Crippen molar-refractivity contribution in [3.63, 3.8) is 0 Å². The molecule has 0 bridgehead atoms. The van der Waals surface area contributed by atoms with E-state index < -0.39 is 0 Å². The van der Waals surface area contributed by atoms with Crippen molar-refractivity contribution in [1.29, 1.82) is 0 Å². The molecule has 24 heavy (non-hydrogen) atoms. The molecule has 0 aliphatic rings. The van der Waals surface area contributed by atoms with E-state index in [1.165, 1.54) is 16.7 Å². The van der Waals surface area contributed by atoms with Crippen LogP contribution in [0.2, 0.25) is 0 Å². The van der Waals surface area contributed by atoms with E-state index in [1.54, 1.807) is 0 Å². The van der Waals surface area contributed by atoms with E-state index in [1.807, 2.05) is 24.3 Å². The van der Waals surface area contributed by atoms with Crippen molar-refractivity contribution >= 4 is 11.6 Å². The fourth-order valence-corrected chi connectivity index (χ4v) is 2.89. The molecule has 0 spiro atoms. The third-order valence-corrected chi connectivity index (χ3v) is 5.00. The van der Waals surface area contributed by atoms with Gasteiger partial charge in [0.2, 0.25) is 0 Å². The van der Waals surface area contributed by atoms with Gasteiger partial charge < -0.3 is 4.74 Å². The van der Waals surface area contributed by atoms with Gasteiger partial charge in [0.1, 0.15) is 12.4 Å². The molecule has 2 rings (SSSR count). The Kier molecular flexibility index (Phi) is 5.65. The van der Waals surface area contributed by atoms with Crippen LogP contribution in [0.25, 0.3) is 0 Å². The number of hydrogen-bond acceptors (Lipinski definition) is 1. The maximum absolute atomic E-state index is 6.78. The Labute approximate surface area is 152 Å². The average Bonchev–Trinajstić information content (AvgIpc) is 2.51. The Morgan fingerprint density at radius 3 is 2.08 bits per heavy atom. The van der Waals surface area contributed by atoms with Crippen LogP contribution in [0.4, 0.5) is 0 Å². The lowest BCUT2D eigenvalue weighted by Crippen LogP contribution is -2.20. The van der Waals surface area contributed by atoms with Gasteiger partial charge in [-0.3, -0.25) is 0 Å². The first-order valence-corrected chi connectivity index (χ1v) is 8.98. The molecule has 1 nitrogen and oxygen atoms in total. The lowest BCUT2D eigenvalue weighted by molar-refractivity contribution is 0.304. The molecule has 0 saturated carbocycles. The van der Waals surface area contributed by atoms with Crippen molar-refractivity contribution in [3.05, 3.63) is 65.2 Å². The molecule has 0 amide bonds. The Morgan fingerprint density at radius 1 is 0.917 bits per heavy atom. The molecule has 130 valence electrons. The van der Waals surface area contributed by atoms with Gasteiger partial charge in [-0.25, -0.2) is 0 Å². The van der Waals surface area contributed by atoms with Crippen LogP contribution in [0, 0.1) is 5.41 Å². The number of benzene rings is 2. The van der Waals surface area contributed by atoms with Gasteiger partial charge in [-0.05, 0) is 39.7 Å². The summed E-state index contributed by atoms with van der Waals surface area (Å²) in [6, 6.07) is 16.6. The molecule has 0 radical (unpaired) electrons. The molecular formula is C22H29ClO. The molecular weight excluding hydrogens is 316 g/mol. The van der Waals surface area contributed by atoms with Crippen molar-refractivity contribution in [1.82, 2.24) is 0 Å². The zero-order chi connectivity index (χ0) is 18.0. The fraction of sp³-hybridized carbons (Fsp3) is 0.455. The summed E-state index contributed by atoms with van der Waals surface area (Å²) in [7, 11) is 0. The first kappa shape index (κ1) is 18.9. The highest BCUT2D eigenvalue weighted by Gasteiger charge is 2.29. The molecule has 0 aliphatic carbocycles. The van der Waals surface area contributed by atoms with Crippen LogP contribution in [-0.2, 0) is 12.0 Å². The van der Waals surface area contributed by atoms with Crippen molar-refractivity contribution in [2.75, 3.05) is 0 Å². The standard InChI is InChI=1S/C22H29ClO/c1-21(2,3)19-14-17(24-15-16-10-8-7-9-11-16)12-13-18(19)20(23)22(4,5)6/h7-14,20H,15H2,1-6H3. The summed E-state index contributed by atoms with van der Waals surface area (Å²) in [5.41, 5.74) is 3.64. The summed E-state index contributed by atoms with van der Waals surface area (Å²) < 4.78 is 6.01. The second-order valence-corrected chi connectivity index (χ2v) is 8.94. The second kappa shape index (κ2) is 7.19. The first-order valence-electron chi connectivity index (χ1n) is 8.54. The maximum Gasteiger partial charge on any atom is 0.120 e. The average molecular weight is 345 g/mol. The lowest BCUT2D eigenvalue weighted by Gasteiger charge is -2.31. The third kappa shape index (κ3) is 4.77. The van der Waals surface area contributed by atoms with Crippen LogP contribution < -0.4 is 4.74 Å². The highest BCUT2D eigenvalue weighted by atomic mass is 35.5. The van der Waals surface area contributed by atoms with Gasteiger partial charge in [0, 0.05) is 0 Å². The monoisotopic (exact) mass is 344 g/mol. The van der Waals surface area contributed by atoms with E-state index in [-0.39, 0.29) is 16.2 Å². The fourth-order valence-electron chi connectivity index (χ4n) is 2.70. The lowest BCUT2D eigenvalue weighted by atomic mass is 9.78. The Hall–Kier alpha value is -1.47. The Morgan fingerprint density at radius 2 is 1.54 bits per heavy atom. The highest BCUT2D eigenvalue weighted by Crippen LogP contribution is 2.43. The van der Waals surface area contributed by atoms with Gasteiger partial charge in [0.05, 0.1) is 5.38 Å². The summed E-state index contributed by atoms with van der Waals surface area (Å²) >= 11 is 6.78. The third-order valence-electron chi connectivity index (χ3n) is 4.11. The number of alkyl halides is 1. The van der Waals surface area contributed by atoms with E-state index in [0.717, 1.165) is 5.75 Å². The molecule has 0 aromatic heterocycles. The van der Waals surface area contributed by atoms with Crippen molar-refractivity contribution in [3.8, 4) is 5.75 Å². The molecule has 2 aromatic carbocycles. The van der Waals surface area contributed by atoms with Crippen LogP contribution in [0.5, 0.6) is 5.75 Å². The van der Waals surface area contributed by atoms with Crippen LogP contribution in [0.15, 0.2) is 48.5 Å². The molecule has 2 heteroatoms. The van der Waals surface area contributed by atoms with E-state index in [2.05, 4.69) is 65.8 Å². The number of ether oxygens (including phenoxy) is 1. The minimum absolute atomic E-state index is 0.00790. The molecule has 0 N–H and O–H groups in total. The molecule has 0 saturated heterocycles. The van der Waals surface area contributed by atoms with Crippen LogP contribution in [0.1, 0.15) is 63.6 Å². The van der Waals surface area contributed by atoms with Crippen LogP contribution >= 0.6 is 11.6 Å². The number of hydrogen-bond donors (Lipinski definition) is 0. The van der Waals surface area contributed by atoms with E-state index in [0.29, 0.717) is 6.61 Å². The number of halogens is 1. The van der Waals surface area contributed by atoms with E-state index in [9.17, 15) is 0 Å². The summed E-state index contributed by atoms with van der Waals surface area (Å²) in [6.07, 6.45) is 0. The van der Waals surface area contributed by atoms with Crippen LogP contribution in [0.3, 0.4) is 0 Å². The van der Waals surface area contributed by atoms with Crippen molar-refractivity contribution in [2.45, 2.75) is 58.9 Å². The summed E-state index contributed by atoms with van der Waals surface area (Å²) in [6.45, 7) is 13.8. The van der Waals surface area contributed by atoms with Gasteiger partial charge >= 0.3 is 0 Å². The Bertz CT molecular complexity index is 663. The van der Waals surface area contributed by atoms with E-state index >= 15 is 0 Å². The Balaban J connectivity index is 2.30. The molecule has 1 atom stereocenters. The summed E-state index contributed by atoms with van der Waals surface area (Å²) in [4.78, 5) is 0. The minimum atomic E-state index is -0.0325. The predicted molar refractivity (Wildman–Crippen MR) is 104 cm³/mol. The van der Waals surface area contributed by atoms with Gasteiger partial charge in [0.25, 0.3) is 0 Å². The smallest absolute Gasteiger partial charge is 0.120 e. The van der Waals surface area contributed by atoms with E-state index in [4.69, 9.17) is 16.3 Å². The van der Waals surface area contributed by atoms with Gasteiger partial charge in [-0.15, -0.1) is 11.6 Å². The summed E-state index contributed by atoms with van der Waals surface area (Å²) in [5.74, 6) is 0.894. The van der Waals surface area contributed by atoms with Crippen molar-refractivity contribution < 1.29 is 4.74 Å². The zero-order valence-corrected chi connectivity index (χ0v) is 16.4. The molecule has 0 aliphatic heterocycles. The zero-order valence-electron chi connectivity index (χ0n) is 15.7. The van der Waals surface area contributed by atoms with Crippen LogP contribution in [-0.4, -0.2) is 0 Å². The van der Waals surface area contributed by atoms with Gasteiger partial charge in [-0.2, -0.15) is 0 Å². The molecule has 2 aromatic rings. The molecule has 0 fully saturated rings. The maximum atomic E-state index is 6.78. The largest absolute Gasteiger partial charge is 0.489 e. The molecule has 0 heterocycles. The highest BCUT2D eigenvalue weighted by molar-refractivity contribution is 6.21. The summed E-state index contributed by atoms with van der Waals surface area (Å²) in [5, 5.41) is -0.0325. The first-order chi connectivity index (χ1) is 11.1. The normalized spacial score (nSPS) is 13.6.